The number of H-pyrrole nitrogens is 1. The van der Waals surface area contributed by atoms with Crippen LogP contribution in [-0.2, 0) is 0 Å². The summed E-state index contributed by atoms with van der Waals surface area (Å²) in [5, 5.41) is 7.45. The summed E-state index contributed by atoms with van der Waals surface area (Å²) < 4.78 is 5.68. The molecule has 17 heavy (non-hydrogen) atoms. The molecule has 1 aromatic carbocycles. The summed E-state index contributed by atoms with van der Waals surface area (Å²) in [6.07, 6.45) is 1.65. The van der Waals surface area contributed by atoms with Gasteiger partial charge in [0, 0.05) is 6.20 Å². The van der Waals surface area contributed by atoms with E-state index in [4.69, 9.17) is 10.5 Å². The second-order valence-corrected chi connectivity index (χ2v) is 3.56. The molecule has 3 N–H and O–H groups in total. The van der Waals surface area contributed by atoms with E-state index < -0.39 is 0 Å². The Morgan fingerprint density at radius 3 is 2.76 bits per heavy atom. The number of para-hydroxylation sites is 1. The molecule has 5 heteroatoms. The van der Waals surface area contributed by atoms with Gasteiger partial charge in [0.15, 0.2) is 5.82 Å². The minimum atomic E-state index is 0.388. The molecule has 3 aromatic rings. The zero-order valence-corrected chi connectivity index (χ0v) is 8.92. The number of anilines is 1. The van der Waals surface area contributed by atoms with Crippen LogP contribution in [0.3, 0.4) is 0 Å². The number of nitrogens with two attached hydrogens (primary N) is 1. The topological polar surface area (TPSA) is 76.8 Å². The van der Waals surface area contributed by atoms with E-state index in [0.29, 0.717) is 22.8 Å². The lowest BCUT2D eigenvalue weighted by atomic mass is 10.3. The maximum atomic E-state index is 5.77. The molecule has 0 fully saturated rings. The summed E-state index contributed by atoms with van der Waals surface area (Å²) in [7, 11) is 0. The van der Waals surface area contributed by atoms with E-state index in [-0.39, 0.29) is 0 Å². The van der Waals surface area contributed by atoms with Crippen LogP contribution in [0.1, 0.15) is 0 Å². The molecule has 0 radical (unpaired) electrons. The number of aromatic amines is 1. The van der Waals surface area contributed by atoms with Crippen LogP contribution in [0.4, 0.5) is 5.82 Å². The highest BCUT2D eigenvalue weighted by molar-refractivity contribution is 5.92. The van der Waals surface area contributed by atoms with Crippen LogP contribution in [0.15, 0.2) is 42.6 Å². The lowest BCUT2D eigenvalue weighted by molar-refractivity contribution is 0.469. The first-order valence-electron chi connectivity index (χ1n) is 5.16. The van der Waals surface area contributed by atoms with E-state index in [9.17, 15) is 0 Å². The third-order valence-corrected chi connectivity index (χ3v) is 2.43. The Morgan fingerprint density at radius 1 is 1.12 bits per heavy atom. The van der Waals surface area contributed by atoms with Crippen molar-refractivity contribution in [3.8, 4) is 11.6 Å². The average Bonchev–Trinajstić information content (AvgIpc) is 2.74. The Hall–Kier alpha value is -2.56. The van der Waals surface area contributed by atoms with Crippen molar-refractivity contribution < 1.29 is 4.74 Å². The van der Waals surface area contributed by atoms with Crippen molar-refractivity contribution >= 4 is 16.7 Å². The first-order chi connectivity index (χ1) is 8.34. The van der Waals surface area contributed by atoms with Crippen molar-refractivity contribution in [2.75, 3.05) is 5.73 Å². The van der Waals surface area contributed by atoms with Gasteiger partial charge in [-0.1, -0.05) is 18.2 Å². The number of hydrogen-bond acceptors (Lipinski definition) is 4. The van der Waals surface area contributed by atoms with Crippen LogP contribution < -0.4 is 10.5 Å². The summed E-state index contributed by atoms with van der Waals surface area (Å²) in [5.74, 6) is 1.56. The fourth-order valence-electron chi connectivity index (χ4n) is 1.64. The Labute approximate surface area is 97.2 Å². The predicted molar refractivity (Wildman–Crippen MR) is 64.8 cm³/mol. The van der Waals surface area contributed by atoms with Gasteiger partial charge in [0.1, 0.15) is 11.1 Å². The molecule has 0 spiro atoms. The molecule has 2 heterocycles. The smallest absolute Gasteiger partial charge is 0.232 e. The second kappa shape index (κ2) is 3.79. The molecule has 0 bridgehead atoms. The first kappa shape index (κ1) is 9.65. The van der Waals surface area contributed by atoms with Crippen molar-refractivity contribution in [2.24, 2.45) is 0 Å². The number of nitrogens with zero attached hydrogens (tertiary/aromatic N) is 2. The van der Waals surface area contributed by atoms with Gasteiger partial charge < -0.3 is 10.5 Å². The largest absolute Gasteiger partial charge is 0.438 e. The van der Waals surface area contributed by atoms with Crippen LogP contribution in [0.25, 0.3) is 10.9 Å². The third-order valence-electron chi connectivity index (χ3n) is 2.43. The molecule has 0 aliphatic carbocycles. The van der Waals surface area contributed by atoms with E-state index in [1.807, 2.05) is 30.3 Å². The van der Waals surface area contributed by atoms with E-state index in [0.717, 1.165) is 5.52 Å². The fourth-order valence-corrected chi connectivity index (χ4v) is 1.64. The van der Waals surface area contributed by atoms with Gasteiger partial charge in [-0.25, -0.2) is 4.98 Å². The molecule has 3 rings (SSSR count). The molecule has 0 atom stereocenters. The Bertz CT molecular complexity index is 648. The SMILES string of the molecule is Nc1n[nH]c2ccnc(Oc3ccccc3)c12. The van der Waals surface area contributed by atoms with Gasteiger partial charge in [-0.15, -0.1) is 0 Å². The molecule has 0 saturated heterocycles. The van der Waals surface area contributed by atoms with Crippen LogP contribution in [0.2, 0.25) is 0 Å². The van der Waals surface area contributed by atoms with Crippen molar-refractivity contribution in [2.45, 2.75) is 0 Å². The molecular weight excluding hydrogens is 216 g/mol. The highest BCUT2D eigenvalue weighted by Crippen LogP contribution is 2.29. The van der Waals surface area contributed by atoms with Gasteiger partial charge in [0.2, 0.25) is 5.88 Å². The molecular formula is C12H10N4O. The molecule has 84 valence electrons. The number of nitrogens with one attached hydrogen (secondary N) is 1. The molecule has 2 aromatic heterocycles. The molecule has 0 unspecified atom stereocenters. The third kappa shape index (κ3) is 1.67. The standard InChI is InChI=1S/C12H10N4O/c13-11-10-9(15-16-11)6-7-14-12(10)17-8-4-2-1-3-5-8/h1-7H,(H3,13,15,16). The summed E-state index contributed by atoms with van der Waals surface area (Å²) in [6, 6.07) is 11.2. The number of aromatic nitrogens is 3. The quantitative estimate of drug-likeness (QED) is 0.703. The minimum Gasteiger partial charge on any atom is -0.438 e. The van der Waals surface area contributed by atoms with Crippen molar-refractivity contribution in [3.63, 3.8) is 0 Å². The summed E-state index contributed by atoms with van der Waals surface area (Å²) in [5.41, 5.74) is 6.58. The second-order valence-electron chi connectivity index (χ2n) is 3.56. The Morgan fingerprint density at radius 2 is 1.94 bits per heavy atom. The molecule has 0 saturated carbocycles. The number of rotatable bonds is 2. The summed E-state index contributed by atoms with van der Waals surface area (Å²) >= 11 is 0. The van der Waals surface area contributed by atoms with Crippen molar-refractivity contribution in [3.05, 3.63) is 42.6 Å². The number of nitrogen functional groups attached to an aromatic ring is 1. The van der Waals surface area contributed by atoms with Gasteiger partial charge in [-0.05, 0) is 18.2 Å². The highest BCUT2D eigenvalue weighted by Gasteiger charge is 2.10. The average molecular weight is 226 g/mol. The predicted octanol–water partition coefficient (Wildman–Crippen LogP) is 2.33. The monoisotopic (exact) mass is 226 g/mol. The maximum absolute atomic E-state index is 5.77. The van der Waals surface area contributed by atoms with Gasteiger partial charge in [0.25, 0.3) is 0 Å². The molecule has 0 aliphatic heterocycles. The van der Waals surface area contributed by atoms with Crippen molar-refractivity contribution in [1.82, 2.24) is 15.2 Å². The van der Waals surface area contributed by atoms with E-state index in [1.165, 1.54) is 0 Å². The Kier molecular flexibility index (Phi) is 2.15. The van der Waals surface area contributed by atoms with Gasteiger partial charge in [-0.2, -0.15) is 5.10 Å². The number of fused-ring (bicyclic) bond motifs is 1. The number of ether oxygens (including phenoxy) is 1. The van der Waals surface area contributed by atoms with Gasteiger partial charge in [0.05, 0.1) is 5.52 Å². The Balaban J connectivity index is 2.09. The number of hydrogen-bond donors (Lipinski definition) is 2. The zero-order chi connectivity index (χ0) is 11.7. The summed E-state index contributed by atoms with van der Waals surface area (Å²) in [6.45, 7) is 0. The normalized spacial score (nSPS) is 10.6. The van der Waals surface area contributed by atoms with Crippen LogP contribution in [0.5, 0.6) is 11.6 Å². The number of benzene rings is 1. The summed E-state index contributed by atoms with van der Waals surface area (Å²) in [4.78, 5) is 4.17. The van der Waals surface area contributed by atoms with E-state index in [2.05, 4.69) is 15.2 Å². The minimum absolute atomic E-state index is 0.388. The van der Waals surface area contributed by atoms with E-state index >= 15 is 0 Å². The number of pyridine rings is 1. The van der Waals surface area contributed by atoms with Crippen LogP contribution >= 0.6 is 0 Å². The lowest BCUT2D eigenvalue weighted by Crippen LogP contribution is -1.91. The lowest BCUT2D eigenvalue weighted by Gasteiger charge is -2.05. The zero-order valence-electron chi connectivity index (χ0n) is 8.92. The highest BCUT2D eigenvalue weighted by atomic mass is 16.5. The van der Waals surface area contributed by atoms with Gasteiger partial charge in [-0.3, -0.25) is 5.10 Å². The first-order valence-corrected chi connectivity index (χ1v) is 5.16. The van der Waals surface area contributed by atoms with E-state index in [1.54, 1.807) is 12.3 Å². The van der Waals surface area contributed by atoms with Gasteiger partial charge >= 0.3 is 0 Å². The molecule has 0 aliphatic rings. The van der Waals surface area contributed by atoms with Crippen LogP contribution in [0, 0.1) is 0 Å². The van der Waals surface area contributed by atoms with Crippen molar-refractivity contribution in [1.29, 1.82) is 0 Å². The van der Waals surface area contributed by atoms with Crippen LogP contribution in [-0.4, -0.2) is 15.2 Å². The fraction of sp³-hybridized carbons (Fsp3) is 0. The maximum Gasteiger partial charge on any atom is 0.232 e. The molecule has 5 nitrogen and oxygen atoms in total. The molecule has 0 amide bonds.